The molecule has 0 unspecified atom stereocenters. The van der Waals surface area contributed by atoms with Crippen LogP contribution in [0.25, 0.3) is 0 Å². The van der Waals surface area contributed by atoms with E-state index in [1.54, 1.807) is 25.1 Å². The summed E-state index contributed by atoms with van der Waals surface area (Å²) >= 11 is 0. The van der Waals surface area contributed by atoms with Crippen LogP contribution in [0.15, 0.2) is 34.9 Å². The highest BCUT2D eigenvalue weighted by Crippen LogP contribution is 2.29. The first-order chi connectivity index (χ1) is 11.1. The number of rotatable bonds is 7. The molecule has 0 atom stereocenters. The molecular formula is C17H18O6. The van der Waals surface area contributed by atoms with E-state index in [2.05, 4.69) is 0 Å². The Bertz CT molecular complexity index is 701. The Morgan fingerprint density at radius 3 is 2.61 bits per heavy atom. The lowest BCUT2D eigenvalue weighted by molar-refractivity contribution is 0.0521. The van der Waals surface area contributed by atoms with Gasteiger partial charge in [0.2, 0.25) is 0 Å². The normalized spacial score (nSPS) is 10.2. The summed E-state index contributed by atoms with van der Waals surface area (Å²) in [4.78, 5) is 23.2. The van der Waals surface area contributed by atoms with Crippen LogP contribution in [0.1, 0.15) is 40.3 Å². The minimum atomic E-state index is -0.459. The van der Waals surface area contributed by atoms with E-state index in [0.717, 1.165) is 0 Å². The molecule has 6 nitrogen and oxygen atoms in total. The van der Waals surface area contributed by atoms with Crippen molar-refractivity contribution < 1.29 is 28.2 Å². The first kappa shape index (κ1) is 16.6. The zero-order valence-corrected chi connectivity index (χ0v) is 13.3. The monoisotopic (exact) mass is 318 g/mol. The molecule has 0 aliphatic carbocycles. The number of ketones is 1. The molecule has 0 N–H and O–H groups in total. The van der Waals surface area contributed by atoms with Gasteiger partial charge in [-0.25, -0.2) is 4.79 Å². The smallest absolute Gasteiger partial charge is 0.341 e. The molecule has 0 aliphatic heterocycles. The van der Waals surface area contributed by atoms with Crippen LogP contribution in [0, 0.1) is 0 Å². The van der Waals surface area contributed by atoms with Crippen LogP contribution in [0.5, 0.6) is 11.5 Å². The van der Waals surface area contributed by atoms with Crippen LogP contribution in [0.2, 0.25) is 0 Å². The third kappa shape index (κ3) is 3.91. The molecule has 6 heteroatoms. The highest BCUT2D eigenvalue weighted by Gasteiger charge is 2.17. The maximum Gasteiger partial charge on any atom is 0.341 e. The summed E-state index contributed by atoms with van der Waals surface area (Å²) in [5.41, 5.74) is 0.852. The van der Waals surface area contributed by atoms with E-state index in [1.807, 2.05) is 0 Å². The number of hydrogen-bond donors (Lipinski definition) is 0. The molecule has 0 spiro atoms. The average Bonchev–Trinajstić information content (AvgIpc) is 3.01. The molecule has 0 fully saturated rings. The fraction of sp³-hybridized carbons (Fsp3) is 0.294. The number of carbonyl (C=O) groups excluding carboxylic acids is 2. The van der Waals surface area contributed by atoms with Crippen molar-refractivity contribution in [3.63, 3.8) is 0 Å². The van der Waals surface area contributed by atoms with Gasteiger partial charge in [-0.15, -0.1) is 0 Å². The van der Waals surface area contributed by atoms with Gasteiger partial charge in [-0.2, -0.15) is 0 Å². The summed E-state index contributed by atoms with van der Waals surface area (Å²) in [6, 6.07) is 6.43. The second-order valence-electron chi connectivity index (χ2n) is 4.69. The van der Waals surface area contributed by atoms with Gasteiger partial charge in [0.05, 0.1) is 20.0 Å². The van der Waals surface area contributed by atoms with Crippen LogP contribution in [0.3, 0.4) is 0 Å². The third-order valence-electron chi connectivity index (χ3n) is 3.17. The summed E-state index contributed by atoms with van der Waals surface area (Å²) in [5, 5.41) is 0. The highest BCUT2D eigenvalue weighted by atomic mass is 16.5. The van der Waals surface area contributed by atoms with Gasteiger partial charge >= 0.3 is 5.97 Å². The van der Waals surface area contributed by atoms with Gasteiger partial charge < -0.3 is 18.6 Å². The first-order valence-electron chi connectivity index (χ1n) is 7.12. The van der Waals surface area contributed by atoms with Gasteiger partial charge in [0.25, 0.3) is 0 Å². The van der Waals surface area contributed by atoms with Crippen LogP contribution in [-0.2, 0) is 11.3 Å². The van der Waals surface area contributed by atoms with Gasteiger partial charge in [0.1, 0.15) is 12.2 Å². The Hall–Kier alpha value is -2.76. The van der Waals surface area contributed by atoms with E-state index in [0.29, 0.717) is 28.4 Å². The predicted molar refractivity (Wildman–Crippen MR) is 82.0 cm³/mol. The molecule has 1 aromatic heterocycles. The fourth-order valence-electron chi connectivity index (χ4n) is 1.99. The van der Waals surface area contributed by atoms with E-state index < -0.39 is 5.97 Å². The number of hydrogen-bond acceptors (Lipinski definition) is 6. The zero-order valence-electron chi connectivity index (χ0n) is 13.3. The zero-order chi connectivity index (χ0) is 16.8. The number of esters is 1. The highest BCUT2D eigenvalue weighted by molar-refractivity contribution is 5.94. The molecular weight excluding hydrogens is 300 g/mol. The lowest BCUT2D eigenvalue weighted by Crippen LogP contribution is -2.08. The fourth-order valence-corrected chi connectivity index (χ4v) is 1.99. The van der Waals surface area contributed by atoms with Crippen molar-refractivity contribution in [2.45, 2.75) is 20.5 Å². The molecule has 2 aromatic rings. The second-order valence-corrected chi connectivity index (χ2v) is 4.69. The predicted octanol–water partition coefficient (Wildman–Crippen LogP) is 3.25. The molecule has 23 heavy (non-hydrogen) atoms. The number of benzene rings is 1. The summed E-state index contributed by atoms with van der Waals surface area (Å²) in [6.07, 6.45) is 1.40. The van der Waals surface area contributed by atoms with E-state index >= 15 is 0 Å². The van der Waals surface area contributed by atoms with Crippen molar-refractivity contribution in [2.75, 3.05) is 13.7 Å². The number of ether oxygens (including phenoxy) is 3. The van der Waals surface area contributed by atoms with Gasteiger partial charge in [-0.05, 0) is 38.1 Å². The Morgan fingerprint density at radius 1 is 1.17 bits per heavy atom. The maximum absolute atomic E-state index is 11.8. The molecule has 0 bridgehead atoms. The van der Waals surface area contributed by atoms with Gasteiger partial charge in [-0.1, -0.05) is 0 Å². The van der Waals surface area contributed by atoms with E-state index in [4.69, 9.17) is 18.6 Å². The molecule has 2 rings (SSSR count). The van der Waals surface area contributed by atoms with Crippen molar-refractivity contribution >= 4 is 11.8 Å². The summed E-state index contributed by atoms with van der Waals surface area (Å²) < 4.78 is 21.1. The lowest BCUT2D eigenvalue weighted by atomic mass is 10.1. The standard InChI is InChI=1S/C17H18O6/c1-4-21-17(19)13-7-8-22-16(13)10-23-14-6-5-12(11(2)18)9-15(14)20-3/h5-9H,4,10H2,1-3H3. The molecule has 0 amide bonds. The van der Waals surface area contributed by atoms with Crippen molar-refractivity contribution in [1.29, 1.82) is 0 Å². The SMILES string of the molecule is CCOC(=O)c1ccoc1COc1ccc(C(C)=O)cc1OC. The van der Waals surface area contributed by atoms with Crippen LogP contribution >= 0.6 is 0 Å². The van der Waals surface area contributed by atoms with Crippen molar-refractivity contribution in [2.24, 2.45) is 0 Å². The number of carbonyl (C=O) groups is 2. The van der Waals surface area contributed by atoms with Crippen LogP contribution in [0.4, 0.5) is 0 Å². The minimum Gasteiger partial charge on any atom is -0.493 e. The number of furan rings is 1. The molecule has 0 saturated carbocycles. The van der Waals surface area contributed by atoms with Gasteiger partial charge in [-0.3, -0.25) is 4.79 Å². The van der Waals surface area contributed by atoms with E-state index in [1.165, 1.54) is 26.4 Å². The van der Waals surface area contributed by atoms with Crippen molar-refractivity contribution in [3.8, 4) is 11.5 Å². The van der Waals surface area contributed by atoms with Crippen LogP contribution in [-0.4, -0.2) is 25.5 Å². The summed E-state index contributed by atoms with van der Waals surface area (Å²) in [7, 11) is 1.49. The van der Waals surface area contributed by atoms with Crippen LogP contribution < -0.4 is 9.47 Å². The lowest BCUT2D eigenvalue weighted by Gasteiger charge is -2.11. The Morgan fingerprint density at radius 2 is 1.96 bits per heavy atom. The number of Topliss-reactive ketones (excluding diaryl/α,β-unsaturated/α-hetero) is 1. The quantitative estimate of drug-likeness (QED) is 0.576. The Balaban J connectivity index is 2.14. The molecule has 122 valence electrons. The molecule has 0 radical (unpaired) electrons. The van der Waals surface area contributed by atoms with Gasteiger partial charge in [0, 0.05) is 5.56 Å². The van der Waals surface area contributed by atoms with E-state index in [9.17, 15) is 9.59 Å². The van der Waals surface area contributed by atoms with Crippen molar-refractivity contribution in [1.82, 2.24) is 0 Å². The number of methoxy groups -OCH3 is 1. The minimum absolute atomic E-state index is 0.0386. The van der Waals surface area contributed by atoms with E-state index in [-0.39, 0.29) is 19.0 Å². The molecule has 0 aliphatic rings. The topological polar surface area (TPSA) is 75.0 Å². The molecule has 0 saturated heterocycles. The maximum atomic E-state index is 11.8. The molecule has 1 heterocycles. The summed E-state index contributed by atoms with van der Waals surface area (Å²) in [5.74, 6) is 0.719. The first-order valence-corrected chi connectivity index (χ1v) is 7.12. The largest absolute Gasteiger partial charge is 0.493 e. The third-order valence-corrected chi connectivity index (χ3v) is 3.17. The second kappa shape index (κ2) is 7.49. The average molecular weight is 318 g/mol. The van der Waals surface area contributed by atoms with Crippen molar-refractivity contribution in [3.05, 3.63) is 47.4 Å². The molecule has 1 aromatic carbocycles. The Kier molecular flexibility index (Phi) is 5.41. The Labute approximate surface area is 134 Å². The summed E-state index contributed by atoms with van der Waals surface area (Å²) in [6.45, 7) is 3.53. The van der Waals surface area contributed by atoms with Gasteiger partial charge in [0.15, 0.2) is 23.0 Å².